The number of nitrogens with one attached hydrogen (secondary N) is 2. The molecule has 2 aromatic rings. The number of anilines is 1. The molecule has 2 aliphatic rings. The second-order valence-electron chi connectivity index (χ2n) is 7.21. The first-order chi connectivity index (χ1) is 11.7. The second kappa shape index (κ2) is 6.13. The maximum Gasteiger partial charge on any atom is 0.124 e. The summed E-state index contributed by atoms with van der Waals surface area (Å²) < 4.78 is 7.66. The van der Waals surface area contributed by atoms with Gasteiger partial charge in [-0.1, -0.05) is 18.2 Å². The highest BCUT2D eigenvalue weighted by molar-refractivity contribution is 5.43. The van der Waals surface area contributed by atoms with Gasteiger partial charge in [-0.25, -0.2) is 4.68 Å². The van der Waals surface area contributed by atoms with Crippen LogP contribution in [0.1, 0.15) is 24.1 Å². The summed E-state index contributed by atoms with van der Waals surface area (Å²) in [5.74, 6) is 2.74. The lowest BCUT2D eigenvalue weighted by atomic mass is 9.94. The van der Waals surface area contributed by atoms with Gasteiger partial charge in [0.1, 0.15) is 11.6 Å². The lowest BCUT2D eigenvalue weighted by Crippen LogP contribution is -2.38. The first-order valence-electron chi connectivity index (χ1n) is 8.83. The Morgan fingerprint density at radius 3 is 3.00 bits per heavy atom. The Hall–Kier alpha value is -2.01. The molecular formula is C19H26N4O. The summed E-state index contributed by atoms with van der Waals surface area (Å²) in [4.78, 5) is 0. The summed E-state index contributed by atoms with van der Waals surface area (Å²) >= 11 is 0. The lowest BCUT2D eigenvalue weighted by molar-refractivity contribution is 0.377. The van der Waals surface area contributed by atoms with Crippen LogP contribution in [-0.2, 0) is 12.0 Å². The van der Waals surface area contributed by atoms with E-state index < -0.39 is 0 Å². The Bertz CT molecular complexity index is 720. The van der Waals surface area contributed by atoms with E-state index in [4.69, 9.17) is 4.74 Å². The van der Waals surface area contributed by atoms with Gasteiger partial charge in [-0.3, -0.25) is 0 Å². The van der Waals surface area contributed by atoms with Gasteiger partial charge in [0, 0.05) is 49.1 Å². The van der Waals surface area contributed by atoms with Crippen molar-refractivity contribution in [2.24, 2.45) is 5.92 Å². The van der Waals surface area contributed by atoms with E-state index in [0.717, 1.165) is 43.4 Å². The highest BCUT2D eigenvalue weighted by Gasteiger charge is 2.45. The third-order valence-corrected chi connectivity index (χ3v) is 5.33. The molecule has 0 radical (unpaired) electrons. The van der Waals surface area contributed by atoms with Gasteiger partial charge in [0.2, 0.25) is 0 Å². The number of fused-ring (bicyclic) bond motifs is 1. The van der Waals surface area contributed by atoms with Crippen LogP contribution in [-0.4, -0.2) is 36.5 Å². The van der Waals surface area contributed by atoms with Crippen LogP contribution in [0, 0.1) is 12.8 Å². The third-order valence-electron chi connectivity index (χ3n) is 5.33. The molecule has 0 spiro atoms. The summed E-state index contributed by atoms with van der Waals surface area (Å²) in [6.45, 7) is 6.09. The average Bonchev–Trinajstić information content (AvgIpc) is 3.29. The van der Waals surface area contributed by atoms with Crippen molar-refractivity contribution in [3.05, 3.63) is 41.6 Å². The van der Waals surface area contributed by atoms with E-state index in [-0.39, 0.29) is 5.41 Å². The first kappa shape index (κ1) is 15.5. The fourth-order valence-corrected chi connectivity index (χ4v) is 3.81. The standard InChI is InChI=1S/C19H26N4O/c1-14-9-18-21-11-15(12-23(18)22-14)10-20-13-19(7-8-19)16-5-3-4-6-17(16)24-2/h3-6,9,15,20-21H,7-8,10-13H2,1-2H3/t15-/m0/s1. The van der Waals surface area contributed by atoms with Crippen LogP contribution in [0.15, 0.2) is 30.3 Å². The maximum absolute atomic E-state index is 5.56. The summed E-state index contributed by atoms with van der Waals surface area (Å²) in [5, 5.41) is 11.7. The number of benzene rings is 1. The monoisotopic (exact) mass is 326 g/mol. The minimum atomic E-state index is 0.266. The van der Waals surface area contributed by atoms with E-state index in [1.165, 1.54) is 18.4 Å². The van der Waals surface area contributed by atoms with E-state index in [9.17, 15) is 0 Å². The molecule has 1 saturated carbocycles. The molecule has 1 fully saturated rings. The van der Waals surface area contributed by atoms with E-state index in [0.29, 0.717) is 5.92 Å². The molecule has 2 heterocycles. The molecule has 24 heavy (non-hydrogen) atoms. The summed E-state index contributed by atoms with van der Waals surface area (Å²) in [6, 6.07) is 10.6. The van der Waals surface area contributed by atoms with Crippen molar-refractivity contribution in [2.45, 2.75) is 31.7 Å². The van der Waals surface area contributed by atoms with Gasteiger partial charge >= 0.3 is 0 Å². The molecule has 1 aliphatic carbocycles. The smallest absolute Gasteiger partial charge is 0.124 e. The molecule has 1 atom stereocenters. The zero-order chi connectivity index (χ0) is 16.6. The maximum atomic E-state index is 5.56. The van der Waals surface area contributed by atoms with Crippen molar-refractivity contribution in [1.29, 1.82) is 0 Å². The lowest BCUT2D eigenvalue weighted by Gasteiger charge is -2.26. The zero-order valence-electron chi connectivity index (χ0n) is 14.5. The molecule has 0 amide bonds. The summed E-state index contributed by atoms with van der Waals surface area (Å²) in [7, 11) is 1.76. The minimum absolute atomic E-state index is 0.266. The number of hydrogen-bond acceptors (Lipinski definition) is 4. The van der Waals surface area contributed by atoms with E-state index in [1.807, 2.05) is 13.0 Å². The average molecular weight is 326 g/mol. The number of ether oxygens (including phenoxy) is 1. The Kier molecular flexibility index (Phi) is 3.96. The highest BCUT2D eigenvalue weighted by Crippen LogP contribution is 2.50. The molecule has 5 nitrogen and oxygen atoms in total. The summed E-state index contributed by atoms with van der Waals surface area (Å²) in [6.07, 6.45) is 2.48. The molecular weight excluding hydrogens is 300 g/mol. The molecule has 1 aromatic heterocycles. The predicted molar refractivity (Wildman–Crippen MR) is 95.7 cm³/mol. The topological polar surface area (TPSA) is 51.1 Å². The van der Waals surface area contributed by atoms with Crippen LogP contribution in [0.3, 0.4) is 0 Å². The molecule has 4 rings (SSSR count). The zero-order valence-corrected chi connectivity index (χ0v) is 14.5. The van der Waals surface area contributed by atoms with Crippen molar-refractivity contribution in [3.63, 3.8) is 0 Å². The predicted octanol–water partition coefficient (Wildman–Crippen LogP) is 2.56. The van der Waals surface area contributed by atoms with Gasteiger partial charge < -0.3 is 15.4 Å². The molecule has 0 unspecified atom stereocenters. The quantitative estimate of drug-likeness (QED) is 0.857. The highest BCUT2D eigenvalue weighted by atomic mass is 16.5. The number of aromatic nitrogens is 2. The first-order valence-corrected chi connectivity index (χ1v) is 8.83. The van der Waals surface area contributed by atoms with Crippen LogP contribution < -0.4 is 15.4 Å². The van der Waals surface area contributed by atoms with Gasteiger partial charge in [-0.05, 0) is 25.8 Å². The van der Waals surface area contributed by atoms with E-state index in [2.05, 4.69) is 44.7 Å². The van der Waals surface area contributed by atoms with Crippen molar-refractivity contribution in [2.75, 3.05) is 32.1 Å². The van der Waals surface area contributed by atoms with Crippen LogP contribution in [0.25, 0.3) is 0 Å². The molecule has 1 aromatic carbocycles. The Morgan fingerprint density at radius 2 is 2.21 bits per heavy atom. The number of hydrogen-bond donors (Lipinski definition) is 2. The third kappa shape index (κ3) is 2.88. The number of aryl methyl sites for hydroxylation is 1. The normalized spacial score (nSPS) is 21.0. The number of para-hydroxylation sites is 1. The van der Waals surface area contributed by atoms with Crippen LogP contribution in [0.4, 0.5) is 5.82 Å². The molecule has 128 valence electrons. The fraction of sp³-hybridized carbons (Fsp3) is 0.526. The molecule has 5 heteroatoms. The fourth-order valence-electron chi connectivity index (χ4n) is 3.81. The van der Waals surface area contributed by atoms with Crippen LogP contribution >= 0.6 is 0 Å². The van der Waals surface area contributed by atoms with Crippen LogP contribution in [0.2, 0.25) is 0 Å². The molecule has 0 saturated heterocycles. The second-order valence-corrected chi connectivity index (χ2v) is 7.21. The largest absolute Gasteiger partial charge is 0.496 e. The number of rotatable bonds is 6. The number of nitrogens with zero attached hydrogens (tertiary/aromatic N) is 2. The summed E-state index contributed by atoms with van der Waals surface area (Å²) in [5.41, 5.74) is 2.70. The molecule has 0 bridgehead atoms. The molecule has 1 aliphatic heterocycles. The van der Waals surface area contributed by atoms with Crippen molar-refractivity contribution < 1.29 is 4.74 Å². The van der Waals surface area contributed by atoms with Gasteiger partial charge in [0.15, 0.2) is 0 Å². The van der Waals surface area contributed by atoms with Crippen molar-refractivity contribution in [3.8, 4) is 5.75 Å². The van der Waals surface area contributed by atoms with E-state index in [1.54, 1.807) is 7.11 Å². The van der Waals surface area contributed by atoms with E-state index >= 15 is 0 Å². The van der Waals surface area contributed by atoms with Gasteiger partial charge in [-0.2, -0.15) is 5.10 Å². The minimum Gasteiger partial charge on any atom is -0.496 e. The van der Waals surface area contributed by atoms with Gasteiger partial charge in [0.05, 0.1) is 12.8 Å². The Morgan fingerprint density at radius 1 is 1.38 bits per heavy atom. The van der Waals surface area contributed by atoms with Crippen molar-refractivity contribution in [1.82, 2.24) is 15.1 Å². The Labute approximate surface area is 143 Å². The number of methoxy groups -OCH3 is 1. The van der Waals surface area contributed by atoms with Crippen LogP contribution in [0.5, 0.6) is 5.75 Å². The van der Waals surface area contributed by atoms with Gasteiger partial charge in [0.25, 0.3) is 0 Å². The van der Waals surface area contributed by atoms with Gasteiger partial charge in [-0.15, -0.1) is 0 Å². The SMILES string of the molecule is COc1ccccc1C1(CNC[C@H]2CNc3cc(C)nn3C2)CC1. The van der Waals surface area contributed by atoms with Crippen molar-refractivity contribution >= 4 is 5.82 Å². The Balaban J connectivity index is 1.35. The molecule has 2 N–H and O–H groups in total.